The van der Waals surface area contributed by atoms with Crippen molar-refractivity contribution in [2.24, 2.45) is 0 Å². The fourth-order valence-corrected chi connectivity index (χ4v) is 26.1. The van der Waals surface area contributed by atoms with Crippen LogP contribution in [0, 0.1) is 0 Å². The lowest BCUT2D eigenvalue weighted by Crippen LogP contribution is -2.50. The number of hydrogen-bond acceptors (Lipinski definition) is 10. The standard InChI is InChI=1S/C46H33ClO12P2S4/c1-46(47)60(32-12-6-16-36(26-32)62-59-58-48,33-13-7-17-37(27-33)63(49,50)51)42-24-22-30-10-2-4-20-40(30)44(42)45-41-21-5-3-11-31(41)23-25-43(45)61(46,34-14-8-18-38(28-34)64(52,53)54)35-15-9-19-39(29-35)65(55,56)57/h2-29H,1H3,(H2-2,48,49,50,51,52,53,54,55,56,57)/p+2. The normalized spacial score (nSPS) is 18.5. The highest BCUT2D eigenvalue weighted by Crippen LogP contribution is 2.87. The molecular formula is C46H35ClO12P2S4+2. The molecule has 0 aromatic heterocycles. The second kappa shape index (κ2) is 16.6. The Bertz CT molecular complexity index is 3520. The van der Waals surface area contributed by atoms with Gasteiger partial charge in [-0.2, -0.15) is 25.3 Å². The molecule has 1 aliphatic rings. The van der Waals surface area contributed by atoms with Gasteiger partial charge in [0, 0.05) is 41.1 Å². The van der Waals surface area contributed by atoms with Crippen LogP contribution in [0.5, 0.6) is 0 Å². The van der Waals surface area contributed by atoms with Gasteiger partial charge >= 0.3 is 0 Å². The lowest BCUT2D eigenvalue weighted by Gasteiger charge is -2.44. The van der Waals surface area contributed by atoms with Gasteiger partial charge in [-0.05, 0) is 99.9 Å². The van der Waals surface area contributed by atoms with Gasteiger partial charge in [0.1, 0.15) is 31.8 Å². The predicted molar refractivity (Wildman–Crippen MR) is 259 cm³/mol. The fourth-order valence-electron chi connectivity index (χ4n) is 9.42. The van der Waals surface area contributed by atoms with Crippen molar-refractivity contribution in [2.75, 3.05) is 0 Å². The van der Waals surface area contributed by atoms with Crippen LogP contribution in [-0.2, 0) is 39.7 Å². The van der Waals surface area contributed by atoms with E-state index >= 15 is 0 Å². The van der Waals surface area contributed by atoms with Crippen molar-refractivity contribution in [3.05, 3.63) is 170 Å². The van der Waals surface area contributed by atoms with E-state index in [9.17, 15) is 44.2 Å². The molecule has 8 aromatic rings. The number of halogens is 1. The molecule has 0 amide bonds. The quantitative estimate of drug-likeness (QED) is 0.0255. The summed E-state index contributed by atoms with van der Waals surface area (Å²) in [4.78, 5) is -1.03. The van der Waals surface area contributed by atoms with Crippen LogP contribution >= 0.6 is 38.2 Å². The third-order valence-electron chi connectivity index (χ3n) is 11.9. The topological polar surface area (TPSA) is 202 Å². The molecule has 2 atom stereocenters. The monoisotopic (exact) mass is 1000 g/mol. The zero-order valence-electron chi connectivity index (χ0n) is 33.6. The largest absolute Gasteiger partial charge is 0.294 e. The summed E-state index contributed by atoms with van der Waals surface area (Å²) in [6, 6.07) is 47.0. The first-order valence-corrected chi connectivity index (χ1v) is 28.4. The minimum absolute atomic E-state index is 0.268. The highest BCUT2D eigenvalue weighted by molar-refractivity contribution is 8.14. The van der Waals surface area contributed by atoms with E-state index in [2.05, 4.69) is 5.04 Å². The number of fused-ring (bicyclic) bond motifs is 7. The van der Waals surface area contributed by atoms with Crippen molar-refractivity contribution in [2.45, 2.75) is 30.9 Å². The Kier molecular flexibility index (Phi) is 11.6. The van der Waals surface area contributed by atoms with E-state index in [1.165, 1.54) is 54.6 Å². The van der Waals surface area contributed by atoms with Gasteiger partial charge in [0.2, 0.25) is 0 Å². The molecular weight excluding hydrogens is 970 g/mol. The van der Waals surface area contributed by atoms with Gasteiger partial charge in [0.25, 0.3) is 34.7 Å². The maximum absolute atomic E-state index is 13.2. The molecule has 0 spiro atoms. The van der Waals surface area contributed by atoms with Gasteiger partial charge in [-0.15, -0.1) is 4.33 Å². The molecule has 0 radical (unpaired) electrons. The summed E-state index contributed by atoms with van der Waals surface area (Å²) < 4.78 is 114. The molecule has 8 aromatic carbocycles. The van der Waals surface area contributed by atoms with Crippen LogP contribution in [0.15, 0.2) is 189 Å². The average Bonchev–Trinajstić information content (AvgIpc) is 3.35. The first-order chi connectivity index (χ1) is 30.8. The van der Waals surface area contributed by atoms with Crippen LogP contribution < -0.4 is 31.8 Å². The van der Waals surface area contributed by atoms with E-state index in [0.717, 1.165) is 21.5 Å². The molecule has 1 heterocycles. The third-order valence-corrected chi connectivity index (χ3v) is 27.2. The first-order valence-electron chi connectivity index (χ1n) is 19.4. The Labute approximate surface area is 384 Å². The maximum Gasteiger partial charge on any atom is 0.294 e. The van der Waals surface area contributed by atoms with E-state index in [-0.39, 0.29) is 10.6 Å². The van der Waals surface area contributed by atoms with Crippen LogP contribution in [-0.4, -0.2) is 48.5 Å². The molecule has 12 nitrogen and oxygen atoms in total. The maximum atomic E-state index is 13.2. The summed E-state index contributed by atoms with van der Waals surface area (Å²) in [6.45, 7) is 1.77. The summed E-state index contributed by atoms with van der Waals surface area (Å²) in [5.41, 5.74) is 1.33. The molecule has 4 N–H and O–H groups in total. The minimum atomic E-state index is -4.91. The first kappa shape index (κ1) is 45.5. The van der Waals surface area contributed by atoms with E-state index in [0.29, 0.717) is 49.3 Å². The Morgan fingerprint density at radius 2 is 0.862 bits per heavy atom. The second-order valence-corrected chi connectivity index (χ2v) is 29.4. The predicted octanol–water partition coefficient (Wildman–Crippen LogP) is 8.34. The Morgan fingerprint density at radius 1 is 0.492 bits per heavy atom. The van der Waals surface area contributed by atoms with Crippen LogP contribution in [0.1, 0.15) is 6.92 Å². The Balaban J connectivity index is 1.67. The van der Waals surface area contributed by atoms with E-state index in [4.69, 9.17) is 15.9 Å². The molecule has 19 heteroatoms. The highest BCUT2D eigenvalue weighted by Gasteiger charge is 2.79. The average molecular weight is 1010 g/mol. The van der Waals surface area contributed by atoms with Gasteiger partial charge in [-0.3, -0.25) is 13.7 Å². The van der Waals surface area contributed by atoms with Gasteiger partial charge in [0.05, 0.1) is 26.7 Å². The van der Waals surface area contributed by atoms with Crippen molar-refractivity contribution in [1.82, 2.24) is 0 Å². The lowest BCUT2D eigenvalue weighted by molar-refractivity contribution is -0.432. The molecule has 9 rings (SSSR count). The van der Waals surface area contributed by atoms with Crippen molar-refractivity contribution in [1.29, 1.82) is 0 Å². The second-order valence-electron chi connectivity index (χ2n) is 15.2. The zero-order valence-corrected chi connectivity index (χ0v) is 39.4. The summed E-state index contributed by atoms with van der Waals surface area (Å²) in [5, 5.41) is 18.9. The minimum Gasteiger partial charge on any atom is -0.282 e. The molecule has 330 valence electrons. The Hall–Kier alpha value is -4.61. The Morgan fingerprint density at radius 3 is 1.25 bits per heavy atom. The molecule has 65 heavy (non-hydrogen) atoms. The fraction of sp³-hybridized carbons (Fsp3) is 0.0435. The molecule has 2 unspecified atom stereocenters. The molecule has 0 fully saturated rings. The summed E-state index contributed by atoms with van der Waals surface area (Å²) in [5.74, 6) is 0. The van der Waals surface area contributed by atoms with Gasteiger partial charge in [-0.25, -0.2) is 5.26 Å². The van der Waals surface area contributed by atoms with Crippen LogP contribution in [0.25, 0.3) is 32.7 Å². The van der Waals surface area contributed by atoms with Gasteiger partial charge < -0.3 is 0 Å². The van der Waals surface area contributed by atoms with Crippen LogP contribution in [0.2, 0.25) is 0 Å². The molecule has 0 saturated carbocycles. The van der Waals surface area contributed by atoms with Crippen molar-refractivity contribution in [3.8, 4) is 11.1 Å². The number of alkyl halides is 1. The van der Waals surface area contributed by atoms with E-state index in [1.54, 1.807) is 43.3 Å². The summed E-state index contributed by atoms with van der Waals surface area (Å²) in [7, 11) is -22.8. The van der Waals surface area contributed by atoms with Crippen molar-refractivity contribution < 1.29 is 53.5 Å². The number of benzene rings is 8. The molecule has 1 aliphatic heterocycles. The SMILES string of the molecule is CC1(Cl)[P+](c2cccc(SOOO)c2)(c2cccc(S(=O)(=O)O)c2)c2ccc3ccccc3c2-c2c(ccc3ccccc23)[P+]1(c1cccc(S(=O)(=O)O)c1)c1cccc(S(=O)(=O)O)c1. The van der Waals surface area contributed by atoms with Crippen LogP contribution in [0.4, 0.5) is 0 Å². The van der Waals surface area contributed by atoms with Crippen molar-refractivity contribution in [3.63, 3.8) is 0 Å². The smallest absolute Gasteiger partial charge is 0.282 e. The van der Waals surface area contributed by atoms with Crippen LogP contribution in [0.3, 0.4) is 0 Å². The number of rotatable bonds is 10. The highest BCUT2D eigenvalue weighted by atomic mass is 35.5. The van der Waals surface area contributed by atoms with Crippen molar-refractivity contribution >= 4 is 122 Å². The third kappa shape index (κ3) is 7.33. The molecule has 0 bridgehead atoms. The molecule has 0 aliphatic carbocycles. The lowest BCUT2D eigenvalue weighted by atomic mass is 9.93. The summed E-state index contributed by atoms with van der Waals surface area (Å²) >= 11 is 9.60. The van der Waals surface area contributed by atoms with Gasteiger partial charge in [0.15, 0.2) is 14.5 Å². The van der Waals surface area contributed by atoms with E-state index in [1.807, 2.05) is 78.9 Å². The number of hydrogen-bond donors (Lipinski definition) is 4. The van der Waals surface area contributed by atoms with E-state index < -0.39 is 63.9 Å². The summed E-state index contributed by atoms with van der Waals surface area (Å²) in [6.07, 6.45) is 0. The zero-order chi connectivity index (χ0) is 46.2. The molecule has 0 saturated heterocycles. The van der Waals surface area contributed by atoms with Gasteiger partial charge in [-0.1, -0.05) is 90.0 Å².